The average molecular weight is 497 g/mol. The number of benzene rings is 4. The van der Waals surface area contributed by atoms with E-state index in [1.54, 1.807) is 41.0 Å². The van der Waals surface area contributed by atoms with Crippen molar-refractivity contribution in [3.63, 3.8) is 0 Å². The molecule has 0 atom stereocenters. The molecule has 1 aromatic heterocycles. The molecular formula is C28H20FN3O5. The quantitative estimate of drug-likeness (QED) is 0.178. The van der Waals surface area contributed by atoms with E-state index in [1.807, 2.05) is 13.0 Å². The minimum atomic E-state index is -0.599. The normalized spacial score (nSPS) is 11.0. The van der Waals surface area contributed by atoms with Gasteiger partial charge in [-0.1, -0.05) is 23.8 Å². The molecule has 0 saturated heterocycles. The summed E-state index contributed by atoms with van der Waals surface area (Å²) < 4.78 is 20.6. The van der Waals surface area contributed by atoms with E-state index in [4.69, 9.17) is 4.74 Å². The second-order valence-electron chi connectivity index (χ2n) is 8.53. The fourth-order valence-corrected chi connectivity index (χ4v) is 4.22. The predicted molar refractivity (Wildman–Crippen MR) is 139 cm³/mol. The van der Waals surface area contributed by atoms with Crippen LogP contribution in [0.1, 0.15) is 5.56 Å². The number of pyridine rings is 1. The molecule has 0 spiro atoms. The molecule has 184 valence electrons. The maximum Gasteiger partial charge on any atom is 0.275 e. The van der Waals surface area contributed by atoms with E-state index in [9.17, 15) is 24.1 Å². The van der Waals surface area contributed by atoms with Gasteiger partial charge in [0.25, 0.3) is 5.69 Å². The monoisotopic (exact) mass is 497 g/mol. The number of hydrogen-bond donors (Lipinski definition) is 1. The first-order valence-corrected chi connectivity index (χ1v) is 11.3. The van der Waals surface area contributed by atoms with Crippen molar-refractivity contribution in [1.82, 2.24) is 4.57 Å². The number of nitrogens with one attached hydrogen (secondary N) is 1. The Morgan fingerprint density at radius 2 is 1.68 bits per heavy atom. The van der Waals surface area contributed by atoms with E-state index < -0.39 is 16.6 Å². The number of carbonyl (C=O) groups is 1. The summed E-state index contributed by atoms with van der Waals surface area (Å²) in [5, 5.41) is 15.2. The van der Waals surface area contributed by atoms with Gasteiger partial charge in [0, 0.05) is 22.9 Å². The van der Waals surface area contributed by atoms with Gasteiger partial charge in [-0.05, 0) is 55.5 Å². The average Bonchev–Trinajstić information content (AvgIpc) is 2.88. The highest BCUT2D eigenvalue weighted by molar-refractivity contribution is 5.97. The topological polar surface area (TPSA) is 103 Å². The number of amides is 1. The van der Waals surface area contributed by atoms with E-state index in [0.29, 0.717) is 21.8 Å². The zero-order valence-electron chi connectivity index (χ0n) is 19.6. The van der Waals surface area contributed by atoms with Crippen LogP contribution in [0.5, 0.6) is 11.5 Å². The van der Waals surface area contributed by atoms with Crippen LogP contribution in [0, 0.1) is 22.9 Å². The van der Waals surface area contributed by atoms with Crippen molar-refractivity contribution in [2.75, 3.05) is 5.32 Å². The zero-order valence-corrected chi connectivity index (χ0v) is 19.6. The van der Waals surface area contributed by atoms with Gasteiger partial charge in [0.05, 0.1) is 27.7 Å². The van der Waals surface area contributed by atoms with Gasteiger partial charge >= 0.3 is 0 Å². The van der Waals surface area contributed by atoms with Crippen LogP contribution >= 0.6 is 0 Å². The molecule has 0 bridgehead atoms. The number of nitrogens with zero attached hydrogens (tertiary/aromatic N) is 2. The van der Waals surface area contributed by atoms with Gasteiger partial charge in [-0.15, -0.1) is 0 Å². The van der Waals surface area contributed by atoms with Crippen molar-refractivity contribution in [3.8, 4) is 11.5 Å². The number of aryl methyl sites for hydroxylation is 1. The molecule has 1 heterocycles. The number of nitro groups is 1. The highest BCUT2D eigenvalue weighted by Crippen LogP contribution is 2.30. The SMILES string of the molecule is Cc1ccc2c(c1)c(=O)c1ccccc1n2CC(=O)Nc1cc(Oc2ccc(F)cc2)cc([N+](=O)[O-])c1. The summed E-state index contributed by atoms with van der Waals surface area (Å²) in [7, 11) is 0. The minimum Gasteiger partial charge on any atom is -0.457 e. The Balaban J connectivity index is 1.49. The Morgan fingerprint density at radius 3 is 2.43 bits per heavy atom. The second-order valence-corrected chi connectivity index (χ2v) is 8.53. The number of aromatic nitrogens is 1. The van der Waals surface area contributed by atoms with Crippen LogP contribution in [-0.4, -0.2) is 15.4 Å². The van der Waals surface area contributed by atoms with Gasteiger partial charge in [-0.2, -0.15) is 0 Å². The molecule has 0 aliphatic heterocycles. The van der Waals surface area contributed by atoms with Crippen LogP contribution in [-0.2, 0) is 11.3 Å². The van der Waals surface area contributed by atoms with Crippen LogP contribution in [0.2, 0.25) is 0 Å². The van der Waals surface area contributed by atoms with E-state index in [2.05, 4.69) is 5.32 Å². The maximum atomic E-state index is 13.2. The molecule has 0 aliphatic rings. The third kappa shape index (κ3) is 4.87. The van der Waals surface area contributed by atoms with Gasteiger partial charge in [-0.3, -0.25) is 19.7 Å². The first kappa shape index (κ1) is 23.7. The van der Waals surface area contributed by atoms with E-state index in [1.165, 1.54) is 42.5 Å². The van der Waals surface area contributed by atoms with Crippen molar-refractivity contribution in [3.05, 3.63) is 117 Å². The standard InChI is InChI=1S/C28H20FN3O5/c1-17-6-11-26-24(12-17)28(34)23-4-2-3-5-25(23)31(26)16-27(33)30-19-13-20(32(35)36)15-22(14-19)37-21-9-7-18(29)8-10-21/h2-15H,16H2,1H3,(H,30,33). The molecule has 0 radical (unpaired) electrons. The molecule has 5 rings (SSSR count). The Bertz CT molecular complexity index is 1750. The summed E-state index contributed by atoms with van der Waals surface area (Å²) in [4.78, 5) is 37.1. The van der Waals surface area contributed by atoms with Crippen molar-refractivity contribution in [2.24, 2.45) is 0 Å². The van der Waals surface area contributed by atoms with Gasteiger partial charge in [0.2, 0.25) is 5.91 Å². The van der Waals surface area contributed by atoms with Crippen LogP contribution < -0.4 is 15.5 Å². The number of carbonyl (C=O) groups excluding carboxylic acids is 1. The summed E-state index contributed by atoms with van der Waals surface area (Å²) in [6.07, 6.45) is 0. The molecule has 4 aromatic carbocycles. The second kappa shape index (κ2) is 9.54. The molecule has 1 amide bonds. The molecular weight excluding hydrogens is 477 g/mol. The molecule has 0 fully saturated rings. The number of non-ortho nitro benzene ring substituents is 1. The van der Waals surface area contributed by atoms with Crippen molar-refractivity contribution >= 4 is 39.1 Å². The lowest BCUT2D eigenvalue weighted by Gasteiger charge is -2.16. The van der Waals surface area contributed by atoms with Crippen molar-refractivity contribution in [1.29, 1.82) is 0 Å². The van der Waals surface area contributed by atoms with Crippen LogP contribution in [0.25, 0.3) is 21.8 Å². The third-order valence-corrected chi connectivity index (χ3v) is 5.86. The van der Waals surface area contributed by atoms with Crippen LogP contribution in [0.15, 0.2) is 89.7 Å². The Hall–Kier alpha value is -5.05. The molecule has 5 aromatic rings. The van der Waals surface area contributed by atoms with E-state index in [0.717, 1.165) is 5.56 Å². The lowest BCUT2D eigenvalue weighted by Crippen LogP contribution is -2.21. The number of halogens is 1. The summed E-state index contributed by atoms with van der Waals surface area (Å²) >= 11 is 0. The Labute approximate surface area is 209 Å². The molecule has 8 nitrogen and oxygen atoms in total. The summed E-state index contributed by atoms with van der Waals surface area (Å²) in [5.74, 6) is -0.521. The number of rotatable bonds is 6. The molecule has 0 unspecified atom stereocenters. The summed E-state index contributed by atoms with van der Waals surface area (Å²) in [5.41, 5.74) is 1.86. The van der Waals surface area contributed by atoms with E-state index in [-0.39, 0.29) is 34.8 Å². The number of anilines is 1. The van der Waals surface area contributed by atoms with Crippen molar-refractivity contribution in [2.45, 2.75) is 13.5 Å². The number of nitro benzene ring substituents is 1. The van der Waals surface area contributed by atoms with E-state index >= 15 is 0 Å². The largest absolute Gasteiger partial charge is 0.457 e. The molecule has 1 N–H and O–H groups in total. The summed E-state index contributed by atoms with van der Waals surface area (Å²) in [6, 6.07) is 21.6. The lowest BCUT2D eigenvalue weighted by atomic mass is 10.1. The van der Waals surface area contributed by atoms with Crippen LogP contribution in [0.4, 0.5) is 15.8 Å². The van der Waals surface area contributed by atoms with Gasteiger partial charge in [-0.25, -0.2) is 4.39 Å². The Kier molecular flexibility index (Phi) is 6.10. The van der Waals surface area contributed by atoms with Crippen LogP contribution in [0.3, 0.4) is 0 Å². The number of hydrogen-bond acceptors (Lipinski definition) is 5. The lowest BCUT2D eigenvalue weighted by molar-refractivity contribution is -0.384. The molecule has 9 heteroatoms. The van der Waals surface area contributed by atoms with Gasteiger partial charge < -0.3 is 14.6 Å². The fourth-order valence-electron chi connectivity index (χ4n) is 4.22. The predicted octanol–water partition coefficient (Wildman–Crippen LogP) is 5.94. The van der Waals surface area contributed by atoms with Gasteiger partial charge in [0.15, 0.2) is 5.43 Å². The fraction of sp³-hybridized carbons (Fsp3) is 0.0714. The zero-order chi connectivity index (χ0) is 26.1. The molecule has 0 aliphatic carbocycles. The van der Waals surface area contributed by atoms with Crippen molar-refractivity contribution < 1.29 is 18.8 Å². The smallest absolute Gasteiger partial charge is 0.275 e. The molecule has 0 saturated carbocycles. The first-order chi connectivity index (χ1) is 17.8. The summed E-state index contributed by atoms with van der Waals surface area (Å²) in [6.45, 7) is 1.75. The number of ether oxygens (including phenoxy) is 1. The van der Waals surface area contributed by atoms with Gasteiger partial charge in [0.1, 0.15) is 23.9 Å². The highest BCUT2D eigenvalue weighted by Gasteiger charge is 2.16. The third-order valence-electron chi connectivity index (χ3n) is 5.86. The molecule has 37 heavy (non-hydrogen) atoms. The number of fused-ring (bicyclic) bond motifs is 2. The number of para-hydroxylation sites is 1. The Morgan fingerprint density at radius 1 is 0.946 bits per heavy atom. The highest BCUT2D eigenvalue weighted by atomic mass is 19.1. The minimum absolute atomic E-state index is 0.103. The first-order valence-electron chi connectivity index (χ1n) is 11.3. The maximum absolute atomic E-state index is 13.2.